The van der Waals surface area contributed by atoms with Crippen LogP contribution in [0, 0.1) is 0 Å². The number of para-hydroxylation sites is 2. The lowest BCUT2D eigenvalue weighted by atomic mass is 10.1. The molecule has 0 aliphatic rings. The first kappa shape index (κ1) is 20.4. The third kappa shape index (κ3) is 4.94. The average Bonchev–Trinajstić information content (AvgIpc) is 3.20. The van der Waals surface area contributed by atoms with Crippen LogP contribution in [-0.2, 0) is 4.79 Å². The van der Waals surface area contributed by atoms with Gasteiger partial charge in [-0.15, -0.1) is 10.2 Å². The highest BCUT2D eigenvalue weighted by Gasteiger charge is 2.26. The molecule has 3 aromatic rings. The van der Waals surface area contributed by atoms with E-state index < -0.39 is 17.2 Å². The van der Waals surface area contributed by atoms with Crippen molar-refractivity contribution in [1.29, 1.82) is 0 Å². The van der Waals surface area contributed by atoms with Gasteiger partial charge >= 0.3 is 6.03 Å². The second-order valence-electron chi connectivity index (χ2n) is 5.91. The van der Waals surface area contributed by atoms with Crippen molar-refractivity contribution in [2.24, 2.45) is 0 Å². The number of methoxy groups -OCH3 is 1. The number of aromatic nitrogens is 3. The highest BCUT2D eigenvalue weighted by atomic mass is 32.2. The van der Waals surface area contributed by atoms with Crippen molar-refractivity contribution in [3.05, 3.63) is 66.5 Å². The number of nitrogens with one attached hydrogen (secondary N) is 2. The Bertz CT molecular complexity index is 977. The Balaban J connectivity index is 1.93. The minimum absolute atomic E-state index is 0.421. The number of benzene rings is 2. The Hall–Kier alpha value is -3.33. The Kier molecular flexibility index (Phi) is 6.85. The van der Waals surface area contributed by atoms with E-state index in [2.05, 4.69) is 20.8 Å². The number of urea groups is 1. The summed E-state index contributed by atoms with van der Waals surface area (Å²) in [5.74, 6) is 0.207. The summed E-state index contributed by atoms with van der Waals surface area (Å²) in [6.45, 7) is 2.20. The van der Waals surface area contributed by atoms with E-state index in [1.165, 1.54) is 11.8 Å². The Morgan fingerprint density at radius 3 is 2.59 bits per heavy atom. The van der Waals surface area contributed by atoms with Gasteiger partial charge in [-0.05, 0) is 24.6 Å². The average molecular weight is 411 g/mol. The minimum Gasteiger partial charge on any atom is -0.495 e. The summed E-state index contributed by atoms with van der Waals surface area (Å²) >= 11 is 1.20. The van der Waals surface area contributed by atoms with Crippen molar-refractivity contribution in [2.45, 2.75) is 17.3 Å². The zero-order chi connectivity index (χ0) is 20.6. The number of imide groups is 1. The van der Waals surface area contributed by atoms with E-state index in [9.17, 15) is 9.59 Å². The van der Waals surface area contributed by atoms with Gasteiger partial charge in [0.25, 0.3) is 0 Å². The minimum atomic E-state index is -0.698. The SMILES string of the molecule is CCNC(=O)NC(=O)[C@H](Sc1nncn1-c1ccccc1OC)c1ccccc1. The second-order valence-corrected chi connectivity index (χ2v) is 6.98. The topological polar surface area (TPSA) is 98.1 Å². The van der Waals surface area contributed by atoms with Crippen molar-refractivity contribution >= 4 is 23.7 Å². The van der Waals surface area contributed by atoms with Gasteiger partial charge < -0.3 is 10.1 Å². The molecule has 0 saturated heterocycles. The van der Waals surface area contributed by atoms with Crippen molar-refractivity contribution in [2.75, 3.05) is 13.7 Å². The fourth-order valence-electron chi connectivity index (χ4n) is 2.69. The molecule has 1 aromatic heterocycles. The van der Waals surface area contributed by atoms with Gasteiger partial charge in [-0.1, -0.05) is 54.2 Å². The number of rotatable bonds is 7. The highest BCUT2D eigenvalue weighted by Crippen LogP contribution is 2.36. The number of hydrogen-bond donors (Lipinski definition) is 2. The van der Waals surface area contributed by atoms with Crippen LogP contribution >= 0.6 is 11.8 Å². The molecule has 0 aliphatic heterocycles. The van der Waals surface area contributed by atoms with Crippen molar-refractivity contribution in [1.82, 2.24) is 25.4 Å². The highest BCUT2D eigenvalue weighted by molar-refractivity contribution is 8.00. The quantitative estimate of drug-likeness (QED) is 0.580. The summed E-state index contributed by atoms with van der Waals surface area (Å²) in [5, 5.41) is 12.9. The molecule has 0 saturated carbocycles. The van der Waals surface area contributed by atoms with Crippen LogP contribution in [0.15, 0.2) is 66.1 Å². The number of carbonyl (C=O) groups is 2. The van der Waals surface area contributed by atoms with Gasteiger partial charge in [-0.2, -0.15) is 0 Å². The summed E-state index contributed by atoms with van der Waals surface area (Å²) in [6, 6.07) is 16.1. The number of hydrogen-bond acceptors (Lipinski definition) is 6. The molecule has 0 fully saturated rings. The van der Waals surface area contributed by atoms with Crippen molar-refractivity contribution in [3.8, 4) is 11.4 Å². The molecule has 0 radical (unpaired) electrons. The molecule has 0 aliphatic carbocycles. The van der Waals surface area contributed by atoms with Crippen LogP contribution in [0.3, 0.4) is 0 Å². The van der Waals surface area contributed by atoms with Gasteiger partial charge in [0.2, 0.25) is 5.91 Å². The van der Waals surface area contributed by atoms with Crippen molar-refractivity contribution < 1.29 is 14.3 Å². The maximum atomic E-state index is 12.9. The third-order valence-electron chi connectivity index (χ3n) is 4.00. The van der Waals surface area contributed by atoms with Crippen LogP contribution in [0.2, 0.25) is 0 Å². The van der Waals surface area contributed by atoms with E-state index in [4.69, 9.17) is 4.74 Å². The maximum Gasteiger partial charge on any atom is 0.321 e. The molecule has 1 atom stereocenters. The predicted octanol–water partition coefficient (Wildman–Crippen LogP) is 2.96. The first-order valence-electron chi connectivity index (χ1n) is 8.97. The second kappa shape index (κ2) is 9.74. The van der Waals surface area contributed by atoms with Gasteiger partial charge in [-0.25, -0.2) is 4.79 Å². The van der Waals surface area contributed by atoms with Crippen LogP contribution in [0.4, 0.5) is 4.79 Å². The van der Waals surface area contributed by atoms with Gasteiger partial charge in [0.1, 0.15) is 17.3 Å². The van der Waals surface area contributed by atoms with E-state index >= 15 is 0 Å². The van der Waals surface area contributed by atoms with Crippen LogP contribution < -0.4 is 15.4 Å². The maximum absolute atomic E-state index is 12.9. The molecule has 3 rings (SSSR count). The predicted molar refractivity (Wildman–Crippen MR) is 110 cm³/mol. The first-order valence-corrected chi connectivity index (χ1v) is 9.85. The summed E-state index contributed by atoms with van der Waals surface area (Å²) in [5.41, 5.74) is 1.49. The molecule has 0 unspecified atom stereocenters. The number of amides is 3. The molecule has 8 nitrogen and oxygen atoms in total. The molecule has 29 heavy (non-hydrogen) atoms. The number of ether oxygens (including phenoxy) is 1. The zero-order valence-electron chi connectivity index (χ0n) is 16.0. The van der Waals surface area contributed by atoms with Crippen LogP contribution in [0.1, 0.15) is 17.7 Å². The first-order chi connectivity index (χ1) is 14.1. The number of carbonyl (C=O) groups excluding carboxylic acids is 2. The summed E-state index contributed by atoms with van der Waals surface area (Å²) < 4.78 is 7.17. The van der Waals surface area contributed by atoms with E-state index in [1.807, 2.05) is 54.6 Å². The largest absolute Gasteiger partial charge is 0.495 e. The van der Waals surface area contributed by atoms with Crippen LogP contribution in [0.25, 0.3) is 5.69 Å². The lowest BCUT2D eigenvalue weighted by Crippen LogP contribution is -2.41. The summed E-state index contributed by atoms with van der Waals surface area (Å²) in [7, 11) is 1.59. The van der Waals surface area contributed by atoms with Gasteiger partial charge in [-0.3, -0.25) is 14.7 Å². The molecule has 150 valence electrons. The fourth-order valence-corrected chi connectivity index (χ4v) is 3.71. The molecule has 1 heterocycles. The molecule has 0 bridgehead atoms. The normalized spacial score (nSPS) is 11.5. The van der Waals surface area contributed by atoms with Crippen LogP contribution in [-0.4, -0.2) is 40.4 Å². The lowest BCUT2D eigenvalue weighted by molar-refractivity contribution is -0.119. The molecular formula is C20H21N5O3S. The molecule has 0 spiro atoms. The zero-order valence-corrected chi connectivity index (χ0v) is 16.8. The number of nitrogens with zero attached hydrogens (tertiary/aromatic N) is 3. The van der Waals surface area contributed by atoms with Crippen molar-refractivity contribution in [3.63, 3.8) is 0 Å². The monoisotopic (exact) mass is 411 g/mol. The Labute approximate surface area is 172 Å². The van der Waals surface area contributed by atoms with Gasteiger partial charge in [0.15, 0.2) is 5.16 Å². The lowest BCUT2D eigenvalue weighted by Gasteiger charge is -2.17. The van der Waals surface area contributed by atoms with E-state index in [0.29, 0.717) is 17.5 Å². The van der Waals surface area contributed by atoms with Gasteiger partial charge in [0, 0.05) is 6.54 Å². The van der Waals surface area contributed by atoms with E-state index in [0.717, 1.165) is 11.3 Å². The molecule has 3 amide bonds. The van der Waals surface area contributed by atoms with Gasteiger partial charge in [0.05, 0.1) is 12.8 Å². The Morgan fingerprint density at radius 1 is 1.14 bits per heavy atom. The molecular weight excluding hydrogens is 390 g/mol. The summed E-state index contributed by atoms with van der Waals surface area (Å²) in [4.78, 5) is 24.7. The summed E-state index contributed by atoms with van der Waals surface area (Å²) in [6.07, 6.45) is 1.56. The fraction of sp³-hybridized carbons (Fsp3) is 0.200. The standard InChI is InChI=1S/C20H21N5O3S/c1-3-21-19(27)23-18(26)17(14-9-5-4-6-10-14)29-20-24-22-13-25(20)15-11-7-8-12-16(15)28-2/h4-13,17H,3H2,1-2H3,(H2,21,23,26,27)/t17-/m1/s1. The van der Waals surface area contributed by atoms with Crippen LogP contribution in [0.5, 0.6) is 5.75 Å². The number of thioether (sulfide) groups is 1. The Morgan fingerprint density at radius 2 is 1.86 bits per heavy atom. The smallest absolute Gasteiger partial charge is 0.321 e. The third-order valence-corrected chi connectivity index (χ3v) is 5.21. The van der Waals surface area contributed by atoms with E-state index in [-0.39, 0.29) is 0 Å². The molecule has 2 aromatic carbocycles. The van der Waals surface area contributed by atoms with E-state index in [1.54, 1.807) is 24.9 Å². The molecule has 9 heteroatoms. The molecule has 2 N–H and O–H groups in total.